The third-order valence-corrected chi connectivity index (χ3v) is 9.65. The fourth-order valence-corrected chi connectivity index (χ4v) is 7.52. The molecule has 232 valence electrons. The fourth-order valence-electron chi connectivity index (χ4n) is 7.52. The molecule has 0 radical (unpaired) electrons. The number of benzene rings is 2. The smallest absolute Gasteiger partial charge is 0.319 e. The summed E-state index contributed by atoms with van der Waals surface area (Å²) in [6, 6.07) is 5.86. The number of phenolic OH excluding ortho intramolecular Hbond substituents is 1. The van der Waals surface area contributed by atoms with Crippen LogP contribution in [0, 0.1) is 11.6 Å². The van der Waals surface area contributed by atoms with Crippen LogP contribution in [0.5, 0.6) is 11.8 Å². The van der Waals surface area contributed by atoms with E-state index in [-0.39, 0.29) is 41.2 Å². The topological polar surface area (TPSA) is 83.8 Å². The van der Waals surface area contributed by atoms with Crippen molar-refractivity contribution in [2.24, 2.45) is 0 Å². The lowest BCUT2D eigenvalue weighted by Crippen LogP contribution is -2.43. The number of methoxy groups -OCH3 is 1. The number of fused-ring (bicyclic) bond motifs is 3. The van der Waals surface area contributed by atoms with Gasteiger partial charge in [0.15, 0.2) is 5.82 Å². The van der Waals surface area contributed by atoms with Gasteiger partial charge in [0.2, 0.25) is 0 Å². The number of alkyl halides is 1. The van der Waals surface area contributed by atoms with Gasteiger partial charge in [0.05, 0.1) is 17.0 Å². The van der Waals surface area contributed by atoms with Gasteiger partial charge < -0.3 is 19.5 Å². The highest BCUT2D eigenvalue weighted by Gasteiger charge is 2.49. The largest absolute Gasteiger partial charge is 0.508 e. The van der Waals surface area contributed by atoms with Crippen molar-refractivity contribution in [3.8, 4) is 23.0 Å². The van der Waals surface area contributed by atoms with Gasteiger partial charge in [-0.05, 0) is 73.2 Å². The van der Waals surface area contributed by atoms with E-state index >= 15 is 4.39 Å². The molecule has 3 atom stereocenters. The number of pyridine rings is 1. The van der Waals surface area contributed by atoms with Crippen LogP contribution >= 0.6 is 0 Å². The van der Waals surface area contributed by atoms with Crippen molar-refractivity contribution in [3.63, 3.8) is 0 Å². The molecule has 0 spiro atoms. The van der Waals surface area contributed by atoms with E-state index in [0.717, 1.165) is 32.2 Å². The Morgan fingerprint density at radius 2 is 1.98 bits per heavy atom. The van der Waals surface area contributed by atoms with E-state index in [1.165, 1.54) is 24.4 Å². The van der Waals surface area contributed by atoms with Gasteiger partial charge in [-0.2, -0.15) is 9.97 Å². The summed E-state index contributed by atoms with van der Waals surface area (Å²) in [7, 11) is 1.67. The lowest BCUT2D eigenvalue weighted by atomic mass is 9.94. The molecule has 0 aliphatic carbocycles. The molecule has 0 amide bonds. The summed E-state index contributed by atoms with van der Waals surface area (Å²) >= 11 is 0. The summed E-state index contributed by atoms with van der Waals surface area (Å²) < 4.78 is 57.9. The lowest BCUT2D eigenvalue weighted by Gasteiger charge is -2.34. The van der Waals surface area contributed by atoms with Crippen LogP contribution in [-0.2, 0) is 11.2 Å². The Morgan fingerprint density at radius 1 is 1.11 bits per heavy atom. The monoisotopic (exact) mass is 607 g/mol. The van der Waals surface area contributed by atoms with Gasteiger partial charge in [-0.15, -0.1) is 0 Å². The number of aryl methyl sites for hydroxylation is 1. The first-order valence-corrected chi connectivity index (χ1v) is 15.4. The highest BCUT2D eigenvalue weighted by Crippen LogP contribution is 2.42. The van der Waals surface area contributed by atoms with E-state index in [1.54, 1.807) is 13.2 Å². The zero-order valence-corrected chi connectivity index (χ0v) is 25.0. The Kier molecular flexibility index (Phi) is 7.48. The Morgan fingerprint density at radius 3 is 2.80 bits per heavy atom. The summed E-state index contributed by atoms with van der Waals surface area (Å²) in [5, 5.41) is 12.0. The molecule has 4 aromatic rings. The molecule has 3 fully saturated rings. The molecule has 1 N–H and O–H groups in total. The molecule has 0 bridgehead atoms. The van der Waals surface area contributed by atoms with Crippen LogP contribution in [0.25, 0.3) is 32.9 Å². The molecule has 44 heavy (non-hydrogen) atoms. The van der Waals surface area contributed by atoms with E-state index in [9.17, 15) is 13.9 Å². The molecule has 7 rings (SSSR count). The number of phenols is 1. The third-order valence-electron chi connectivity index (χ3n) is 9.65. The van der Waals surface area contributed by atoms with Gasteiger partial charge in [0.1, 0.15) is 41.4 Å². The average Bonchev–Trinajstić information content (AvgIpc) is 3.55. The van der Waals surface area contributed by atoms with Crippen molar-refractivity contribution in [1.29, 1.82) is 0 Å². The van der Waals surface area contributed by atoms with Crippen LogP contribution < -0.4 is 9.64 Å². The first kappa shape index (κ1) is 29.0. The predicted molar refractivity (Wildman–Crippen MR) is 162 cm³/mol. The first-order chi connectivity index (χ1) is 21.3. The summed E-state index contributed by atoms with van der Waals surface area (Å²) in [6.45, 7) is 4.49. The molecule has 11 heteroatoms. The zero-order valence-electron chi connectivity index (χ0n) is 25.0. The van der Waals surface area contributed by atoms with Crippen LogP contribution in [0.15, 0.2) is 30.5 Å². The van der Waals surface area contributed by atoms with Gasteiger partial charge in [0, 0.05) is 44.9 Å². The van der Waals surface area contributed by atoms with E-state index in [4.69, 9.17) is 14.5 Å². The van der Waals surface area contributed by atoms with Crippen LogP contribution in [0.3, 0.4) is 0 Å². The van der Waals surface area contributed by atoms with Crippen molar-refractivity contribution < 1.29 is 27.8 Å². The van der Waals surface area contributed by atoms with Gasteiger partial charge in [-0.1, -0.05) is 13.0 Å². The standard InChI is InChI=1S/C33H36F3N5O3/c1-3-23-26(35)8-7-19-12-21(42)13-24(27(19)23)29-28(36)30-25(15-37-29)31(40-10-4-6-22(17-40)43-2)39-32(38-30)44-18-33-9-5-11-41(33)16-20(34)14-33/h7-8,12-13,15,20,22,42H,3-6,9-11,14,16-18H2,1-2H3/t20-,22-,33+/m1/s1. The normalized spacial score (nSPS) is 24.0. The molecule has 3 aliphatic rings. The fraction of sp³-hybridized carbons (Fsp3) is 0.485. The van der Waals surface area contributed by atoms with E-state index < -0.39 is 23.3 Å². The highest BCUT2D eigenvalue weighted by molar-refractivity contribution is 6.01. The number of aromatic nitrogens is 3. The van der Waals surface area contributed by atoms with Crippen molar-refractivity contribution in [2.75, 3.05) is 44.8 Å². The summed E-state index contributed by atoms with van der Waals surface area (Å²) in [5.41, 5.74) is 0.215. The number of piperidine rings is 1. The number of nitrogens with zero attached hydrogens (tertiary/aromatic N) is 5. The third kappa shape index (κ3) is 4.90. The quantitative estimate of drug-likeness (QED) is 0.276. The zero-order chi connectivity index (χ0) is 30.6. The lowest BCUT2D eigenvalue weighted by molar-refractivity contribution is 0.0890. The Hall–Kier alpha value is -3.70. The van der Waals surface area contributed by atoms with Gasteiger partial charge in [-0.25, -0.2) is 13.2 Å². The Labute approximate surface area is 253 Å². The maximum Gasteiger partial charge on any atom is 0.319 e. The molecule has 3 saturated heterocycles. The first-order valence-electron chi connectivity index (χ1n) is 15.4. The molecule has 8 nitrogen and oxygen atoms in total. The highest BCUT2D eigenvalue weighted by atomic mass is 19.1. The number of hydrogen-bond donors (Lipinski definition) is 1. The molecular weight excluding hydrogens is 571 g/mol. The van der Waals surface area contributed by atoms with E-state index in [2.05, 4.69) is 14.9 Å². The van der Waals surface area contributed by atoms with Gasteiger partial charge in [-0.3, -0.25) is 9.88 Å². The maximum absolute atomic E-state index is 16.7. The number of halogens is 3. The van der Waals surface area contributed by atoms with Crippen molar-refractivity contribution in [2.45, 2.75) is 63.3 Å². The molecule has 5 heterocycles. The molecular formula is C33H36F3N5O3. The van der Waals surface area contributed by atoms with Crippen LogP contribution in [0.1, 0.15) is 44.6 Å². The SMILES string of the molecule is CCc1c(F)ccc2cc(O)cc(-c3ncc4c(N5CCC[C@@H](OC)C5)nc(OC[C@@]56CCCN5C[C@H](F)C6)nc4c3F)c12. The minimum atomic E-state index is -0.910. The Balaban J connectivity index is 1.37. The number of rotatable bonds is 7. The minimum absolute atomic E-state index is 0.00711. The molecule has 2 aromatic heterocycles. The maximum atomic E-state index is 16.7. The summed E-state index contributed by atoms with van der Waals surface area (Å²) in [5.74, 6) is -0.730. The number of aromatic hydroxyl groups is 1. The van der Waals surface area contributed by atoms with Crippen LogP contribution in [0.2, 0.25) is 0 Å². The molecule has 3 aliphatic heterocycles. The van der Waals surface area contributed by atoms with Crippen molar-refractivity contribution in [3.05, 3.63) is 47.7 Å². The second-order valence-corrected chi connectivity index (χ2v) is 12.3. The predicted octanol–water partition coefficient (Wildman–Crippen LogP) is 5.96. The minimum Gasteiger partial charge on any atom is -0.508 e. The van der Waals surface area contributed by atoms with Gasteiger partial charge in [0.25, 0.3) is 0 Å². The Bertz CT molecular complexity index is 1740. The number of hydrogen-bond acceptors (Lipinski definition) is 8. The van der Waals surface area contributed by atoms with Crippen LogP contribution in [0.4, 0.5) is 19.0 Å². The summed E-state index contributed by atoms with van der Waals surface area (Å²) in [4.78, 5) is 18.0. The van der Waals surface area contributed by atoms with E-state index in [0.29, 0.717) is 60.0 Å². The van der Waals surface area contributed by atoms with E-state index in [1.807, 2.05) is 11.8 Å². The van der Waals surface area contributed by atoms with Gasteiger partial charge >= 0.3 is 6.01 Å². The molecule has 0 unspecified atom stereocenters. The number of ether oxygens (including phenoxy) is 2. The van der Waals surface area contributed by atoms with Crippen molar-refractivity contribution >= 4 is 27.5 Å². The molecule has 0 saturated carbocycles. The number of anilines is 1. The second-order valence-electron chi connectivity index (χ2n) is 12.3. The average molecular weight is 608 g/mol. The summed E-state index contributed by atoms with van der Waals surface area (Å²) in [6.07, 6.45) is 4.92. The second kappa shape index (κ2) is 11.3. The molecule has 2 aromatic carbocycles. The van der Waals surface area contributed by atoms with Crippen LogP contribution in [-0.4, -0.2) is 82.7 Å². The van der Waals surface area contributed by atoms with Crippen molar-refractivity contribution in [1.82, 2.24) is 19.9 Å².